The molecule has 0 spiro atoms. The summed E-state index contributed by atoms with van der Waals surface area (Å²) in [5.74, 6) is 0.696. The molecule has 2 rings (SSSR count). The quantitative estimate of drug-likeness (QED) is 0.780. The average Bonchev–Trinajstić information content (AvgIpc) is 2.41. The molecule has 0 aliphatic rings. The molecule has 0 unspecified atom stereocenters. The summed E-state index contributed by atoms with van der Waals surface area (Å²) < 4.78 is 10.7. The Morgan fingerprint density at radius 3 is 2.17 bits per heavy atom. The van der Waals surface area contributed by atoms with Crippen molar-refractivity contribution in [3.8, 4) is 5.75 Å². The molecule has 18 heavy (non-hydrogen) atoms. The normalized spacial score (nSPS) is 9.78. The highest BCUT2D eigenvalue weighted by molar-refractivity contribution is 7.79. The topological polar surface area (TPSA) is 18.5 Å². The lowest BCUT2D eigenvalue weighted by atomic mass is 10.2. The molecule has 0 aliphatic carbocycles. The van der Waals surface area contributed by atoms with Gasteiger partial charge in [0.15, 0.2) is 0 Å². The second kappa shape index (κ2) is 6.77. The predicted octanol–water partition coefficient (Wildman–Crippen LogP) is 3.61. The van der Waals surface area contributed by atoms with Crippen molar-refractivity contribution in [2.75, 3.05) is 6.61 Å². The van der Waals surface area contributed by atoms with E-state index in [1.165, 1.54) is 5.56 Å². The van der Waals surface area contributed by atoms with Crippen molar-refractivity contribution in [2.45, 2.75) is 6.42 Å². The summed E-state index contributed by atoms with van der Waals surface area (Å²) in [4.78, 5) is 0. The number of hydrogen-bond acceptors (Lipinski definition) is 3. The summed E-state index contributed by atoms with van der Waals surface area (Å²) in [6.07, 6.45) is 0.819. The van der Waals surface area contributed by atoms with E-state index in [0.717, 1.165) is 6.42 Å². The zero-order valence-electron chi connectivity index (χ0n) is 9.91. The smallest absolute Gasteiger partial charge is 0.357 e. The van der Waals surface area contributed by atoms with Crippen LogP contribution >= 0.6 is 12.2 Å². The van der Waals surface area contributed by atoms with Crippen molar-refractivity contribution in [1.82, 2.24) is 0 Å². The van der Waals surface area contributed by atoms with Crippen molar-refractivity contribution in [3.63, 3.8) is 0 Å². The van der Waals surface area contributed by atoms with E-state index in [0.29, 0.717) is 12.4 Å². The van der Waals surface area contributed by atoms with E-state index in [1.54, 1.807) is 0 Å². The fourth-order valence-corrected chi connectivity index (χ4v) is 1.69. The van der Waals surface area contributed by atoms with Gasteiger partial charge in [-0.15, -0.1) is 0 Å². The molecular weight excluding hydrogens is 244 g/mol. The van der Waals surface area contributed by atoms with Crippen LogP contribution in [-0.4, -0.2) is 11.8 Å². The SMILES string of the molecule is S=C(OCCc1ccccc1)Oc1ccccc1. The molecule has 0 fully saturated rings. The summed E-state index contributed by atoms with van der Waals surface area (Å²) in [5.41, 5.74) is 1.22. The third kappa shape index (κ3) is 4.18. The van der Waals surface area contributed by atoms with E-state index >= 15 is 0 Å². The van der Waals surface area contributed by atoms with Gasteiger partial charge in [0.2, 0.25) is 0 Å². The fraction of sp³-hybridized carbons (Fsp3) is 0.133. The van der Waals surface area contributed by atoms with Crippen molar-refractivity contribution < 1.29 is 9.47 Å². The van der Waals surface area contributed by atoms with Gasteiger partial charge in [-0.2, -0.15) is 0 Å². The molecule has 0 amide bonds. The Kier molecular flexibility index (Phi) is 4.73. The minimum Gasteiger partial charge on any atom is -0.456 e. The number of thiocarbonyl (C=S) groups is 1. The molecule has 2 aromatic rings. The van der Waals surface area contributed by atoms with Gasteiger partial charge in [0.25, 0.3) is 0 Å². The highest BCUT2D eigenvalue weighted by atomic mass is 32.1. The van der Waals surface area contributed by atoms with Crippen LogP contribution in [0.5, 0.6) is 5.75 Å². The highest BCUT2D eigenvalue weighted by Gasteiger charge is 2.00. The molecule has 0 aliphatic heterocycles. The molecular formula is C15H14O2S. The Labute approximate surface area is 112 Å². The van der Waals surface area contributed by atoms with Crippen LogP contribution in [0.4, 0.5) is 0 Å². The maximum absolute atomic E-state index is 5.36. The number of hydrogen-bond donors (Lipinski definition) is 0. The van der Waals surface area contributed by atoms with Gasteiger partial charge >= 0.3 is 5.24 Å². The number of ether oxygens (including phenoxy) is 2. The fourth-order valence-electron chi connectivity index (χ4n) is 1.51. The van der Waals surface area contributed by atoms with Crippen LogP contribution in [-0.2, 0) is 11.2 Å². The number of benzene rings is 2. The minimum atomic E-state index is 0.164. The van der Waals surface area contributed by atoms with Gasteiger partial charge < -0.3 is 9.47 Å². The largest absolute Gasteiger partial charge is 0.456 e. The molecule has 3 heteroatoms. The first-order chi connectivity index (χ1) is 8.84. The van der Waals surface area contributed by atoms with E-state index in [4.69, 9.17) is 21.7 Å². The molecule has 0 aromatic heterocycles. The zero-order chi connectivity index (χ0) is 12.6. The third-order valence-corrected chi connectivity index (χ3v) is 2.60. The van der Waals surface area contributed by atoms with Crippen LogP contribution in [0, 0.1) is 0 Å². The van der Waals surface area contributed by atoms with E-state index < -0.39 is 0 Å². The van der Waals surface area contributed by atoms with Crippen LogP contribution in [0.15, 0.2) is 60.7 Å². The van der Waals surface area contributed by atoms with E-state index in [-0.39, 0.29) is 5.24 Å². The second-order valence-corrected chi connectivity index (χ2v) is 4.08. The first-order valence-corrected chi connectivity index (χ1v) is 6.19. The van der Waals surface area contributed by atoms with Crippen LogP contribution in [0.25, 0.3) is 0 Å². The predicted molar refractivity (Wildman–Crippen MR) is 75.8 cm³/mol. The summed E-state index contributed by atoms with van der Waals surface area (Å²) in [7, 11) is 0. The maximum Gasteiger partial charge on any atom is 0.357 e. The molecule has 0 heterocycles. The summed E-state index contributed by atoms with van der Waals surface area (Å²) >= 11 is 5.01. The summed E-state index contributed by atoms with van der Waals surface area (Å²) in [5, 5.41) is 0.164. The third-order valence-electron chi connectivity index (χ3n) is 2.40. The van der Waals surface area contributed by atoms with Crippen LogP contribution in [0.2, 0.25) is 0 Å². The van der Waals surface area contributed by atoms with E-state index in [9.17, 15) is 0 Å². The van der Waals surface area contributed by atoms with Gasteiger partial charge in [0.1, 0.15) is 5.75 Å². The Hall–Kier alpha value is -1.87. The van der Waals surface area contributed by atoms with Crippen molar-refractivity contribution in [1.29, 1.82) is 0 Å². The average molecular weight is 258 g/mol. The van der Waals surface area contributed by atoms with Crippen molar-refractivity contribution in [2.24, 2.45) is 0 Å². The lowest BCUT2D eigenvalue weighted by Gasteiger charge is -2.08. The first kappa shape index (κ1) is 12.6. The Bertz CT molecular complexity index is 482. The van der Waals surface area contributed by atoms with Gasteiger partial charge in [-0.25, -0.2) is 0 Å². The summed E-state index contributed by atoms with van der Waals surface area (Å²) in [6, 6.07) is 19.5. The van der Waals surface area contributed by atoms with Crippen molar-refractivity contribution in [3.05, 3.63) is 66.2 Å². The Morgan fingerprint density at radius 2 is 1.50 bits per heavy atom. The molecule has 0 N–H and O–H groups in total. The Balaban J connectivity index is 1.73. The molecule has 92 valence electrons. The second-order valence-electron chi connectivity index (χ2n) is 3.75. The molecule has 0 saturated carbocycles. The van der Waals surface area contributed by atoms with Gasteiger partial charge in [0, 0.05) is 18.6 Å². The Morgan fingerprint density at radius 1 is 0.889 bits per heavy atom. The number of para-hydroxylation sites is 1. The first-order valence-electron chi connectivity index (χ1n) is 5.78. The zero-order valence-corrected chi connectivity index (χ0v) is 10.7. The minimum absolute atomic E-state index is 0.164. The van der Waals surface area contributed by atoms with Crippen LogP contribution in [0.1, 0.15) is 5.56 Å². The monoisotopic (exact) mass is 258 g/mol. The molecule has 2 nitrogen and oxygen atoms in total. The van der Waals surface area contributed by atoms with E-state index in [2.05, 4.69) is 12.1 Å². The molecule has 0 atom stereocenters. The van der Waals surface area contributed by atoms with E-state index in [1.807, 2.05) is 48.5 Å². The summed E-state index contributed by atoms with van der Waals surface area (Å²) in [6.45, 7) is 0.523. The van der Waals surface area contributed by atoms with Crippen LogP contribution in [0.3, 0.4) is 0 Å². The van der Waals surface area contributed by atoms with Gasteiger partial charge in [-0.3, -0.25) is 0 Å². The van der Waals surface area contributed by atoms with Gasteiger partial charge in [-0.1, -0.05) is 48.5 Å². The molecule has 0 radical (unpaired) electrons. The standard InChI is InChI=1S/C15H14O2S/c18-15(17-14-9-5-2-6-10-14)16-12-11-13-7-3-1-4-8-13/h1-10H,11-12H2. The number of rotatable bonds is 4. The lowest BCUT2D eigenvalue weighted by Crippen LogP contribution is -2.12. The molecule has 0 saturated heterocycles. The van der Waals surface area contributed by atoms with Gasteiger partial charge in [-0.05, 0) is 17.7 Å². The van der Waals surface area contributed by atoms with Crippen molar-refractivity contribution >= 4 is 17.5 Å². The molecule has 0 bridgehead atoms. The molecule has 2 aromatic carbocycles. The van der Waals surface area contributed by atoms with Crippen LogP contribution < -0.4 is 4.74 Å². The lowest BCUT2D eigenvalue weighted by molar-refractivity contribution is 0.251. The van der Waals surface area contributed by atoms with Gasteiger partial charge in [0.05, 0.1) is 6.61 Å². The maximum atomic E-state index is 5.36. The highest BCUT2D eigenvalue weighted by Crippen LogP contribution is 2.09.